The molecule has 3 N–H and O–H groups in total. The van der Waals surface area contributed by atoms with E-state index in [-0.39, 0.29) is 75.2 Å². The number of nitrogens with two attached hydrogens (primary N) is 1. The van der Waals surface area contributed by atoms with E-state index < -0.39 is 46.6 Å². The Labute approximate surface area is 273 Å². The first-order chi connectivity index (χ1) is 22.9. The Hall–Kier alpha value is -4.20. The molecule has 2 aromatic carbocycles. The summed E-state index contributed by atoms with van der Waals surface area (Å²) in [5.41, 5.74) is 2.13. The van der Waals surface area contributed by atoms with Crippen LogP contribution in [0.3, 0.4) is 0 Å². The van der Waals surface area contributed by atoms with Crippen molar-refractivity contribution in [2.45, 2.75) is 43.4 Å². The van der Waals surface area contributed by atoms with E-state index in [1.807, 2.05) is 0 Å². The van der Waals surface area contributed by atoms with Crippen LogP contribution in [0.4, 0.5) is 41.6 Å². The SMILES string of the molecule is N#Cc1c(N)sc2c(F)ccc(-c3c(C(F)(F)F)cc4c(N5CCNC(C=C(F)F)C5)nc(OCC56CCCN5CCC6)nc4c3F)c12. The Kier molecular flexibility index (Phi) is 8.12. The van der Waals surface area contributed by atoms with Gasteiger partial charge in [0.05, 0.1) is 21.4 Å². The molecule has 252 valence electrons. The Bertz CT molecular complexity index is 1990. The molecule has 0 amide bonds. The predicted molar refractivity (Wildman–Crippen MR) is 167 cm³/mol. The number of nitrogen functional groups attached to an aromatic ring is 1. The maximum atomic E-state index is 16.9. The normalized spacial score (nSPS) is 19.5. The molecule has 3 saturated heterocycles. The van der Waals surface area contributed by atoms with Gasteiger partial charge < -0.3 is 20.7 Å². The number of nitriles is 1. The third-order valence-electron chi connectivity index (χ3n) is 9.51. The maximum Gasteiger partial charge on any atom is 0.417 e. The number of rotatable bonds is 6. The highest BCUT2D eigenvalue weighted by atomic mass is 32.1. The van der Waals surface area contributed by atoms with Gasteiger partial charge in [0.2, 0.25) is 0 Å². The van der Waals surface area contributed by atoms with E-state index in [2.05, 4.69) is 20.2 Å². The molecule has 0 radical (unpaired) electrons. The minimum absolute atomic E-state index is 0.108. The maximum absolute atomic E-state index is 16.9. The first-order valence-corrected chi connectivity index (χ1v) is 16.1. The molecule has 3 fully saturated rings. The summed E-state index contributed by atoms with van der Waals surface area (Å²) in [5, 5.41) is 12.0. The van der Waals surface area contributed by atoms with Gasteiger partial charge in [-0.2, -0.15) is 37.2 Å². The molecule has 0 spiro atoms. The van der Waals surface area contributed by atoms with E-state index in [1.165, 1.54) is 4.90 Å². The molecule has 1 atom stereocenters. The molecule has 0 saturated carbocycles. The number of nitrogens with one attached hydrogen (secondary N) is 1. The largest absolute Gasteiger partial charge is 0.461 e. The van der Waals surface area contributed by atoms with E-state index in [1.54, 1.807) is 6.07 Å². The van der Waals surface area contributed by atoms with Crippen LogP contribution in [-0.4, -0.2) is 65.8 Å². The lowest BCUT2D eigenvalue weighted by molar-refractivity contribution is -0.137. The second-order valence-corrected chi connectivity index (χ2v) is 13.3. The fraction of sp³-hybridized carbons (Fsp3) is 0.406. The van der Waals surface area contributed by atoms with Crippen molar-refractivity contribution in [3.05, 3.63) is 53.1 Å². The van der Waals surface area contributed by atoms with Crippen molar-refractivity contribution in [2.24, 2.45) is 0 Å². The highest BCUT2D eigenvalue weighted by Crippen LogP contribution is 2.48. The van der Waals surface area contributed by atoms with Gasteiger partial charge in [0, 0.05) is 42.0 Å². The molecule has 8 nitrogen and oxygen atoms in total. The Morgan fingerprint density at radius 3 is 2.60 bits per heavy atom. The summed E-state index contributed by atoms with van der Waals surface area (Å²) < 4.78 is 109. The highest BCUT2D eigenvalue weighted by molar-refractivity contribution is 7.23. The summed E-state index contributed by atoms with van der Waals surface area (Å²) in [6.45, 7) is 2.21. The molecule has 3 aliphatic rings. The molecule has 5 heterocycles. The quantitative estimate of drug-likeness (QED) is 0.212. The average Bonchev–Trinajstić information content (AvgIpc) is 3.72. The van der Waals surface area contributed by atoms with Crippen LogP contribution < -0.4 is 20.7 Å². The monoisotopic (exact) mass is 691 g/mol. The van der Waals surface area contributed by atoms with E-state index in [0.717, 1.165) is 50.9 Å². The van der Waals surface area contributed by atoms with Crippen LogP contribution in [0.25, 0.3) is 32.1 Å². The minimum atomic E-state index is -5.13. The van der Waals surface area contributed by atoms with Crippen molar-refractivity contribution in [1.82, 2.24) is 20.2 Å². The second-order valence-electron chi connectivity index (χ2n) is 12.3. The summed E-state index contributed by atoms with van der Waals surface area (Å²) >= 11 is 0.671. The van der Waals surface area contributed by atoms with Crippen LogP contribution in [0.15, 0.2) is 30.4 Å². The number of alkyl halides is 3. The smallest absolute Gasteiger partial charge is 0.417 e. The summed E-state index contributed by atoms with van der Waals surface area (Å²) in [4.78, 5) is 12.6. The summed E-state index contributed by atoms with van der Waals surface area (Å²) in [5.74, 6) is -2.34. The predicted octanol–water partition coefficient (Wildman–Crippen LogP) is 6.83. The zero-order chi connectivity index (χ0) is 34.0. The Balaban J connectivity index is 1.46. The number of anilines is 2. The van der Waals surface area contributed by atoms with Gasteiger partial charge in [-0.1, -0.05) is 6.07 Å². The standard InChI is InChI=1S/C32H28F7N7OS/c33-21-4-3-17(23-19(13-40)28(41)48-27(21)23)24-20(32(37,38)39)12-18-26(25(24)36)43-30(47-15-31-5-1-8-46(31)9-2-6-31)44-29(18)45-10-7-42-16(14-45)11-22(34)35/h3-4,11-12,16,42H,1-2,5-10,14-15,41H2. The lowest BCUT2D eigenvalue weighted by atomic mass is 9.92. The Morgan fingerprint density at radius 1 is 1.17 bits per heavy atom. The summed E-state index contributed by atoms with van der Waals surface area (Å²) in [6.07, 6.45) is -2.70. The molecule has 2 aromatic heterocycles. The van der Waals surface area contributed by atoms with Crippen molar-refractivity contribution in [1.29, 1.82) is 5.26 Å². The lowest BCUT2D eigenvalue weighted by Gasteiger charge is -2.34. The van der Waals surface area contributed by atoms with Crippen LogP contribution in [0.2, 0.25) is 0 Å². The van der Waals surface area contributed by atoms with Gasteiger partial charge in [-0.05, 0) is 62.5 Å². The van der Waals surface area contributed by atoms with Crippen molar-refractivity contribution in [3.8, 4) is 23.2 Å². The number of thiophene rings is 1. The molecule has 3 aliphatic heterocycles. The third-order valence-corrected chi connectivity index (χ3v) is 10.5. The number of piperazine rings is 1. The molecule has 7 rings (SSSR count). The zero-order valence-electron chi connectivity index (χ0n) is 25.2. The van der Waals surface area contributed by atoms with E-state index in [0.29, 0.717) is 23.5 Å². The third kappa shape index (κ3) is 5.47. The molecule has 0 bridgehead atoms. The highest BCUT2D eigenvalue weighted by Gasteiger charge is 2.45. The van der Waals surface area contributed by atoms with Gasteiger partial charge in [-0.25, -0.2) is 8.78 Å². The molecular formula is C32H28F7N7OS. The minimum Gasteiger partial charge on any atom is -0.461 e. The van der Waals surface area contributed by atoms with Gasteiger partial charge in [0.15, 0.2) is 5.82 Å². The molecular weight excluding hydrogens is 663 g/mol. The molecule has 1 unspecified atom stereocenters. The summed E-state index contributed by atoms with van der Waals surface area (Å²) in [6, 6.07) is 3.25. The number of aromatic nitrogens is 2. The van der Waals surface area contributed by atoms with E-state index in [4.69, 9.17) is 10.5 Å². The first-order valence-electron chi connectivity index (χ1n) is 15.3. The lowest BCUT2D eigenvalue weighted by Crippen LogP contribution is -2.50. The van der Waals surface area contributed by atoms with E-state index in [9.17, 15) is 31.6 Å². The number of hydrogen-bond acceptors (Lipinski definition) is 9. The number of fused-ring (bicyclic) bond motifs is 3. The Morgan fingerprint density at radius 2 is 1.92 bits per heavy atom. The van der Waals surface area contributed by atoms with Crippen LogP contribution >= 0.6 is 11.3 Å². The van der Waals surface area contributed by atoms with Crippen LogP contribution in [0.5, 0.6) is 6.01 Å². The van der Waals surface area contributed by atoms with Crippen molar-refractivity contribution >= 4 is 43.1 Å². The van der Waals surface area contributed by atoms with Crippen molar-refractivity contribution in [3.63, 3.8) is 0 Å². The van der Waals surface area contributed by atoms with E-state index >= 15 is 4.39 Å². The molecule has 48 heavy (non-hydrogen) atoms. The molecule has 4 aromatic rings. The van der Waals surface area contributed by atoms with Gasteiger partial charge in [0.25, 0.3) is 6.08 Å². The van der Waals surface area contributed by atoms with Crippen LogP contribution in [0.1, 0.15) is 36.8 Å². The van der Waals surface area contributed by atoms with Gasteiger partial charge in [0.1, 0.15) is 34.8 Å². The average molecular weight is 692 g/mol. The van der Waals surface area contributed by atoms with Crippen LogP contribution in [-0.2, 0) is 6.18 Å². The number of benzene rings is 2. The molecule has 16 heteroatoms. The number of halogens is 7. The summed E-state index contributed by atoms with van der Waals surface area (Å²) in [7, 11) is 0. The fourth-order valence-corrected chi connectivity index (χ4v) is 8.34. The van der Waals surface area contributed by atoms with Gasteiger partial charge >= 0.3 is 12.2 Å². The first kappa shape index (κ1) is 32.4. The number of ether oxygens (including phenoxy) is 1. The van der Waals surface area contributed by atoms with Gasteiger partial charge in [-0.15, -0.1) is 11.3 Å². The number of nitrogens with zero attached hydrogens (tertiary/aromatic N) is 5. The van der Waals surface area contributed by atoms with Crippen molar-refractivity contribution < 1.29 is 35.5 Å². The van der Waals surface area contributed by atoms with Crippen molar-refractivity contribution in [2.75, 3.05) is 50.0 Å². The zero-order valence-corrected chi connectivity index (χ0v) is 26.0. The fourth-order valence-electron chi connectivity index (χ4n) is 7.39. The van der Waals surface area contributed by atoms with Gasteiger partial charge in [-0.3, -0.25) is 4.90 Å². The second kappa shape index (κ2) is 12.0. The molecule has 0 aliphatic carbocycles. The topological polar surface area (TPSA) is 103 Å². The van der Waals surface area contributed by atoms with Crippen LogP contribution in [0, 0.1) is 23.0 Å². The number of hydrogen-bond donors (Lipinski definition) is 2.